The van der Waals surface area contributed by atoms with Crippen molar-refractivity contribution >= 4 is 21.6 Å². The molecule has 1 spiro atoms. The third kappa shape index (κ3) is 2.03. The largest absolute Gasteiger partial charge is 0.483 e. The number of aryl methyl sites for hydroxylation is 1. The number of nitro groups is 1. The van der Waals surface area contributed by atoms with Gasteiger partial charge in [-0.15, -0.1) is 0 Å². The van der Waals surface area contributed by atoms with Crippen LogP contribution in [-0.4, -0.2) is 15.9 Å². The van der Waals surface area contributed by atoms with E-state index in [1.807, 2.05) is 6.07 Å². The highest BCUT2D eigenvalue weighted by Crippen LogP contribution is 2.58. The molecule has 2 atom stereocenters. The maximum absolute atomic E-state index is 11.2. The Morgan fingerprint density at radius 1 is 1.40 bits per heavy atom. The van der Waals surface area contributed by atoms with Crippen LogP contribution in [-0.2, 0) is 0 Å². The molecule has 2 aliphatic rings. The lowest BCUT2D eigenvalue weighted by molar-refractivity contribution is -0.386. The van der Waals surface area contributed by atoms with Gasteiger partial charge in [0.2, 0.25) is 0 Å². The molecule has 2 saturated carbocycles. The maximum Gasteiger partial charge on any atom is 0.313 e. The number of alkyl halides is 1. The number of halogens is 1. The summed E-state index contributed by atoms with van der Waals surface area (Å²) in [6.07, 6.45) is 5.83. The van der Waals surface area contributed by atoms with Crippen LogP contribution in [0, 0.1) is 22.5 Å². The van der Waals surface area contributed by atoms with Crippen LogP contribution in [0.4, 0.5) is 5.69 Å². The number of nitro benzene ring substituents is 1. The van der Waals surface area contributed by atoms with Gasteiger partial charge in [0.1, 0.15) is 6.10 Å². The first-order valence-corrected chi connectivity index (χ1v) is 8.01. The van der Waals surface area contributed by atoms with E-state index in [1.165, 1.54) is 12.8 Å². The van der Waals surface area contributed by atoms with Crippen LogP contribution in [0.5, 0.6) is 5.75 Å². The van der Waals surface area contributed by atoms with Crippen LogP contribution in [0.1, 0.15) is 37.7 Å². The van der Waals surface area contributed by atoms with Crippen molar-refractivity contribution in [2.45, 2.75) is 50.0 Å². The highest BCUT2D eigenvalue weighted by atomic mass is 79.9. The summed E-state index contributed by atoms with van der Waals surface area (Å²) >= 11 is 3.75. The Morgan fingerprint density at radius 2 is 2.10 bits per heavy atom. The van der Waals surface area contributed by atoms with Crippen molar-refractivity contribution in [2.24, 2.45) is 5.41 Å². The van der Waals surface area contributed by atoms with E-state index >= 15 is 0 Å². The second kappa shape index (κ2) is 5.02. The van der Waals surface area contributed by atoms with Crippen LogP contribution < -0.4 is 4.74 Å². The van der Waals surface area contributed by atoms with Gasteiger partial charge in [0.25, 0.3) is 0 Å². The second-order valence-electron chi connectivity index (χ2n) is 5.93. The van der Waals surface area contributed by atoms with Crippen LogP contribution >= 0.6 is 15.9 Å². The molecular formula is C15H18BrNO3. The summed E-state index contributed by atoms with van der Waals surface area (Å²) in [5.74, 6) is 0.422. The fourth-order valence-electron chi connectivity index (χ4n) is 3.65. The van der Waals surface area contributed by atoms with E-state index < -0.39 is 0 Å². The van der Waals surface area contributed by atoms with Crippen molar-refractivity contribution < 1.29 is 9.66 Å². The average molecular weight is 340 g/mol. The third-order valence-electron chi connectivity index (χ3n) is 4.87. The molecule has 0 heterocycles. The van der Waals surface area contributed by atoms with Gasteiger partial charge in [-0.3, -0.25) is 10.1 Å². The minimum absolute atomic E-state index is 0.106. The maximum atomic E-state index is 11.2. The van der Waals surface area contributed by atoms with Crippen LogP contribution in [0.2, 0.25) is 0 Å². The van der Waals surface area contributed by atoms with Crippen molar-refractivity contribution in [1.29, 1.82) is 0 Å². The number of ether oxygens (including phenoxy) is 1. The molecule has 2 unspecified atom stereocenters. The SMILES string of the molecule is Cc1cccc(OC2CC(Br)C23CCCC3)c1[N+](=O)[O-]. The molecule has 0 bridgehead atoms. The summed E-state index contributed by atoms with van der Waals surface area (Å²) in [6.45, 7) is 1.75. The van der Waals surface area contributed by atoms with E-state index in [9.17, 15) is 10.1 Å². The molecule has 5 heteroatoms. The van der Waals surface area contributed by atoms with Gasteiger partial charge in [0, 0.05) is 15.8 Å². The van der Waals surface area contributed by atoms with Crippen molar-refractivity contribution in [3.05, 3.63) is 33.9 Å². The van der Waals surface area contributed by atoms with E-state index in [2.05, 4.69) is 15.9 Å². The lowest BCUT2D eigenvalue weighted by atomic mass is 9.64. The number of rotatable bonds is 3. The molecule has 0 radical (unpaired) electrons. The van der Waals surface area contributed by atoms with Crippen LogP contribution in [0.25, 0.3) is 0 Å². The van der Waals surface area contributed by atoms with Crippen molar-refractivity contribution in [3.63, 3.8) is 0 Å². The van der Waals surface area contributed by atoms with Crippen molar-refractivity contribution in [1.82, 2.24) is 0 Å². The first-order valence-electron chi connectivity index (χ1n) is 7.09. The van der Waals surface area contributed by atoms with E-state index in [-0.39, 0.29) is 22.1 Å². The molecule has 0 saturated heterocycles. The number of nitrogens with zero attached hydrogens (tertiary/aromatic N) is 1. The number of para-hydroxylation sites is 1. The standard InChI is InChI=1S/C15H18BrNO3/c1-10-5-4-6-11(14(10)17(18)19)20-13-9-12(16)15(13)7-2-3-8-15/h4-6,12-13H,2-3,7-9H2,1H3. The normalized spacial score (nSPS) is 27.3. The monoisotopic (exact) mass is 339 g/mol. The summed E-state index contributed by atoms with van der Waals surface area (Å²) in [5, 5.41) is 11.2. The van der Waals surface area contributed by atoms with Gasteiger partial charge in [0.05, 0.1) is 4.92 Å². The summed E-state index contributed by atoms with van der Waals surface area (Å²) in [7, 11) is 0. The molecule has 0 amide bonds. The first-order chi connectivity index (χ1) is 9.54. The molecule has 1 aromatic carbocycles. The predicted octanol–water partition coefficient (Wildman–Crippen LogP) is 4.38. The quantitative estimate of drug-likeness (QED) is 0.466. The van der Waals surface area contributed by atoms with E-state index in [1.54, 1.807) is 19.1 Å². The fraction of sp³-hybridized carbons (Fsp3) is 0.600. The van der Waals surface area contributed by atoms with Crippen LogP contribution in [0.3, 0.4) is 0 Å². The van der Waals surface area contributed by atoms with Gasteiger partial charge >= 0.3 is 5.69 Å². The molecule has 0 aliphatic heterocycles. The lowest BCUT2D eigenvalue weighted by Gasteiger charge is -2.51. The molecular weight excluding hydrogens is 322 g/mol. The Balaban J connectivity index is 1.86. The Kier molecular flexibility index (Phi) is 3.48. The van der Waals surface area contributed by atoms with Crippen molar-refractivity contribution in [2.75, 3.05) is 0 Å². The Morgan fingerprint density at radius 3 is 2.70 bits per heavy atom. The predicted molar refractivity (Wildman–Crippen MR) is 80.5 cm³/mol. The topological polar surface area (TPSA) is 52.4 Å². The van der Waals surface area contributed by atoms with E-state index in [0.717, 1.165) is 19.3 Å². The molecule has 0 N–H and O–H groups in total. The van der Waals surface area contributed by atoms with Gasteiger partial charge in [-0.05, 0) is 32.3 Å². The van der Waals surface area contributed by atoms with Gasteiger partial charge in [-0.1, -0.05) is 40.9 Å². The minimum atomic E-state index is -0.337. The fourth-order valence-corrected chi connectivity index (χ4v) is 4.74. The highest BCUT2D eigenvalue weighted by molar-refractivity contribution is 9.09. The Labute approximate surface area is 126 Å². The number of hydrogen-bond acceptors (Lipinski definition) is 3. The Bertz CT molecular complexity index is 540. The van der Waals surface area contributed by atoms with Gasteiger partial charge in [-0.2, -0.15) is 0 Å². The number of benzene rings is 1. The zero-order valence-corrected chi connectivity index (χ0v) is 13.1. The van der Waals surface area contributed by atoms with E-state index in [4.69, 9.17) is 4.74 Å². The molecule has 3 rings (SSSR count). The zero-order chi connectivity index (χ0) is 14.3. The lowest BCUT2D eigenvalue weighted by Crippen LogP contribution is -2.55. The molecule has 2 aliphatic carbocycles. The van der Waals surface area contributed by atoms with Gasteiger partial charge in [-0.25, -0.2) is 0 Å². The molecule has 2 fully saturated rings. The van der Waals surface area contributed by atoms with Gasteiger partial charge in [0.15, 0.2) is 5.75 Å². The first kappa shape index (κ1) is 13.9. The van der Waals surface area contributed by atoms with E-state index in [0.29, 0.717) is 16.1 Å². The molecule has 1 aromatic rings. The molecule has 108 valence electrons. The number of hydrogen-bond donors (Lipinski definition) is 0. The second-order valence-corrected chi connectivity index (χ2v) is 7.03. The zero-order valence-electron chi connectivity index (χ0n) is 11.5. The summed E-state index contributed by atoms with van der Waals surface area (Å²) in [6, 6.07) is 5.29. The molecule has 4 nitrogen and oxygen atoms in total. The highest BCUT2D eigenvalue weighted by Gasteiger charge is 2.56. The van der Waals surface area contributed by atoms with Gasteiger partial charge < -0.3 is 4.74 Å². The smallest absolute Gasteiger partial charge is 0.313 e. The molecule has 0 aromatic heterocycles. The average Bonchev–Trinajstić information content (AvgIpc) is 2.90. The minimum Gasteiger partial charge on any atom is -0.483 e. The summed E-state index contributed by atoms with van der Waals surface area (Å²) in [4.78, 5) is 11.4. The Hall–Kier alpha value is -1.10. The summed E-state index contributed by atoms with van der Waals surface area (Å²) in [5.41, 5.74) is 0.957. The third-order valence-corrected chi connectivity index (χ3v) is 6.16. The molecule has 20 heavy (non-hydrogen) atoms. The van der Waals surface area contributed by atoms with Crippen LogP contribution in [0.15, 0.2) is 18.2 Å². The van der Waals surface area contributed by atoms with Crippen molar-refractivity contribution in [3.8, 4) is 5.75 Å². The summed E-state index contributed by atoms with van der Waals surface area (Å²) < 4.78 is 6.06.